The van der Waals surface area contributed by atoms with Gasteiger partial charge in [0.2, 0.25) is 0 Å². The van der Waals surface area contributed by atoms with E-state index >= 15 is 0 Å². The molecule has 3 heteroatoms. The summed E-state index contributed by atoms with van der Waals surface area (Å²) >= 11 is 0. The van der Waals surface area contributed by atoms with E-state index < -0.39 is 0 Å². The number of hydrogen-bond acceptors (Lipinski definition) is 1. The lowest BCUT2D eigenvalue weighted by Crippen LogP contribution is -2.37. The molecule has 0 radical (unpaired) electrons. The zero-order valence-corrected chi connectivity index (χ0v) is 8.55. The van der Waals surface area contributed by atoms with E-state index in [0.717, 1.165) is 19.0 Å². The molecule has 1 unspecified atom stereocenters. The van der Waals surface area contributed by atoms with Gasteiger partial charge in [0.1, 0.15) is 0 Å². The number of hydrogen-bond donors (Lipinski definition) is 2. The van der Waals surface area contributed by atoms with Crippen molar-refractivity contribution in [3.8, 4) is 0 Å². The van der Waals surface area contributed by atoms with Crippen molar-refractivity contribution in [2.24, 2.45) is 11.7 Å². The first-order valence-electron chi connectivity index (χ1n) is 5.33. The Morgan fingerprint density at radius 1 is 1.46 bits per heavy atom. The van der Waals surface area contributed by atoms with E-state index in [-0.39, 0.29) is 5.96 Å². The van der Waals surface area contributed by atoms with Gasteiger partial charge < -0.3 is 10.6 Å². The summed E-state index contributed by atoms with van der Waals surface area (Å²) in [6, 6.07) is 0. The van der Waals surface area contributed by atoms with Gasteiger partial charge in [-0.3, -0.25) is 5.41 Å². The molecule has 1 saturated heterocycles. The second-order valence-electron chi connectivity index (χ2n) is 3.96. The van der Waals surface area contributed by atoms with Crippen LogP contribution in [0.1, 0.15) is 39.0 Å². The Labute approximate surface area is 80.8 Å². The van der Waals surface area contributed by atoms with Crippen LogP contribution < -0.4 is 5.73 Å². The highest BCUT2D eigenvalue weighted by molar-refractivity contribution is 5.74. The molecule has 1 aliphatic heterocycles. The Kier molecular flexibility index (Phi) is 4.06. The van der Waals surface area contributed by atoms with E-state index in [9.17, 15) is 0 Å². The summed E-state index contributed by atoms with van der Waals surface area (Å²) in [6.07, 6.45) is 6.35. The molecule has 3 N–H and O–H groups in total. The largest absolute Gasteiger partial charge is 0.370 e. The molecule has 0 aromatic carbocycles. The number of guanidine groups is 1. The third-order valence-electron chi connectivity index (χ3n) is 2.89. The number of rotatable bonds is 2. The maximum Gasteiger partial charge on any atom is 0.188 e. The van der Waals surface area contributed by atoms with Crippen molar-refractivity contribution in [1.82, 2.24) is 4.90 Å². The van der Waals surface area contributed by atoms with Crippen molar-refractivity contribution < 1.29 is 0 Å². The Hall–Kier alpha value is -0.730. The molecule has 1 rings (SSSR count). The molecule has 1 aliphatic rings. The molecule has 3 nitrogen and oxygen atoms in total. The van der Waals surface area contributed by atoms with Gasteiger partial charge in [-0.2, -0.15) is 0 Å². The maximum atomic E-state index is 7.36. The Morgan fingerprint density at radius 3 is 2.85 bits per heavy atom. The summed E-state index contributed by atoms with van der Waals surface area (Å²) < 4.78 is 0. The van der Waals surface area contributed by atoms with Crippen LogP contribution in [0.4, 0.5) is 0 Å². The Balaban J connectivity index is 2.35. The fourth-order valence-electron chi connectivity index (χ4n) is 2.10. The quantitative estimate of drug-likeness (QED) is 0.506. The Bertz CT molecular complexity index is 168. The highest BCUT2D eigenvalue weighted by atomic mass is 15.2. The van der Waals surface area contributed by atoms with E-state index in [0.29, 0.717) is 0 Å². The van der Waals surface area contributed by atoms with Crippen molar-refractivity contribution in [1.29, 1.82) is 5.41 Å². The molecular weight excluding hydrogens is 162 g/mol. The number of likely N-dealkylation sites (tertiary alicyclic amines) is 1. The standard InChI is InChI=1S/C10H21N3/c1-2-4-9-5-3-7-13(8-6-9)10(11)12/h9H,2-8H2,1H3,(H3,11,12). The summed E-state index contributed by atoms with van der Waals surface area (Å²) in [6.45, 7) is 4.21. The van der Waals surface area contributed by atoms with Crippen LogP contribution in [0.3, 0.4) is 0 Å². The first kappa shape index (κ1) is 10.4. The molecular formula is C10H21N3. The lowest BCUT2D eigenvalue weighted by molar-refractivity contribution is 0.398. The first-order valence-corrected chi connectivity index (χ1v) is 5.33. The molecule has 0 amide bonds. The molecule has 1 heterocycles. The van der Waals surface area contributed by atoms with Crippen molar-refractivity contribution in [2.75, 3.05) is 13.1 Å². The lowest BCUT2D eigenvalue weighted by Gasteiger charge is -2.19. The minimum atomic E-state index is 0.247. The summed E-state index contributed by atoms with van der Waals surface area (Å²) in [5.74, 6) is 1.12. The van der Waals surface area contributed by atoms with Gasteiger partial charge in [0, 0.05) is 13.1 Å². The summed E-state index contributed by atoms with van der Waals surface area (Å²) in [4.78, 5) is 2.00. The number of nitrogens with zero attached hydrogens (tertiary/aromatic N) is 1. The molecule has 13 heavy (non-hydrogen) atoms. The highest BCUT2D eigenvalue weighted by Gasteiger charge is 2.16. The molecule has 0 saturated carbocycles. The van der Waals surface area contributed by atoms with E-state index in [1.807, 2.05) is 4.90 Å². The van der Waals surface area contributed by atoms with Crippen LogP contribution in [0.15, 0.2) is 0 Å². The SMILES string of the molecule is CCCC1CCCN(C(=N)N)CC1. The van der Waals surface area contributed by atoms with Gasteiger partial charge in [-0.25, -0.2) is 0 Å². The van der Waals surface area contributed by atoms with Crippen molar-refractivity contribution in [3.05, 3.63) is 0 Å². The molecule has 0 aromatic rings. The average molecular weight is 183 g/mol. The summed E-state index contributed by atoms with van der Waals surface area (Å²) in [5.41, 5.74) is 5.47. The zero-order valence-electron chi connectivity index (χ0n) is 8.55. The fraction of sp³-hybridized carbons (Fsp3) is 0.900. The second-order valence-corrected chi connectivity index (χ2v) is 3.96. The molecule has 76 valence electrons. The predicted molar refractivity (Wildman–Crippen MR) is 55.7 cm³/mol. The number of nitrogens with one attached hydrogen (secondary N) is 1. The molecule has 1 atom stereocenters. The molecule has 0 bridgehead atoms. The second kappa shape index (κ2) is 5.10. The van der Waals surface area contributed by atoms with Crippen LogP contribution in [0.2, 0.25) is 0 Å². The summed E-state index contributed by atoms with van der Waals surface area (Å²) in [7, 11) is 0. The maximum absolute atomic E-state index is 7.36. The topological polar surface area (TPSA) is 53.1 Å². The van der Waals surface area contributed by atoms with Gasteiger partial charge >= 0.3 is 0 Å². The Morgan fingerprint density at radius 2 is 2.23 bits per heavy atom. The summed E-state index contributed by atoms with van der Waals surface area (Å²) in [5, 5.41) is 7.36. The van der Waals surface area contributed by atoms with E-state index in [4.69, 9.17) is 11.1 Å². The van der Waals surface area contributed by atoms with Gasteiger partial charge in [0.05, 0.1) is 0 Å². The third-order valence-corrected chi connectivity index (χ3v) is 2.89. The van der Waals surface area contributed by atoms with E-state index in [1.165, 1.54) is 32.1 Å². The molecule has 1 fully saturated rings. The van der Waals surface area contributed by atoms with E-state index in [2.05, 4.69) is 6.92 Å². The van der Waals surface area contributed by atoms with Gasteiger partial charge in [0.25, 0.3) is 0 Å². The predicted octanol–water partition coefficient (Wildman–Crippen LogP) is 1.78. The van der Waals surface area contributed by atoms with Crippen LogP contribution in [0.5, 0.6) is 0 Å². The molecule has 0 spiro atoms. The normalized spacial score (nSPS) is 24.1. The van der Waals surface area contributed by atoms with Crippen LogP contribution in [0, 0.1) is 11.3 Å². The molecule has 0 aromatic heterocycles. The van der Waals surface area contributed by atoms with Crippen LogP contribution in [0.25, 0.3) is 0 Å². The minimum Gasteiger partial charge on any atom is -0.370 e. The van der Waals surface area contributed by atoms with Crippen molar-refractivity contribution >= 4 is 5.96 Å². The zero-order chi connectivity index (χ0) is 9.68. The van der Waals surface area contributed by atoms with Gasteiger partial charge in [0.15, 0.2) is 5.96 Å². The van der Waals surface area contributed by atoms with E-state index in [1.54, 1.807) is 0 Å². The van der Waals surface area contributed by atoms with Crippen molar-refractivity contribution in [3.63, 3.8) is 0 Å². The smallest absolute Gasteiger partial charge is 0.188 e. The first-order chi connectivity index (χ1) is 6.24. The molecule has 0 aliphatic carbocycles. The van der Waals surface area contributed by atoms with Crippen LogP contribution in [-0.2, 0) is 0 Å². The monoisotopic (exact) mass is 183 g/mol. The third kappa shape index (κ3) is 3.25. The minimum absolute atomic E-state index is 0.247. The number of nitrogens with two attached hydrogens (primary N) is 1. The van der Waals surface area contributed by atoms with Gasteiger partial charge in [-0.05, 0) is 25.2 Å². The van der Waals surface area contributed by atoms with Crippen LogP contribution in [-0.4, -0.2) is 23.9 Å². The fourth-order valence-corrected chi connectivity index (χ4v) is 2.10. The lowest BCUT2D eigenvalue weighted by atomic mass is 9.96. The van der Waals surface area contributed by atoms with Crippen molar-refractivity contribution in [2.45, 2.75) is 39.0 Å². The van der Waals surface area contributed by atoms with Gasteiger partial charge in [-0.1, -0.05) is 19.8 Å². The highest BCUT2D eigenvalue weighted by Crippen LogP contribution is 2.21. The van der Waals surface area contributed by atoms with Crippen LogP contribution >= 0.6 is 0 Å². The average Bonchev–Trinajstić information content (AvgIpc) is 2.30. The van der Waals surface area contributed by atoms with Gasteiger partial charge in [-0.15, -0.1) is 0 Å².